The summed E-state index contributed by atoms with van der Waals surface area (Å²) < 4.78 is 51.6. The summed E-state index contributed by atoms with van der Waals surface area (Å²) in [7, 11) is 1.42. The number of alkyl halides is 3. The van der Waals surface area contributed by atoms with E-state index >= 15 is 0 Å². The smallest absolute Gasteiger partial charge is 0.468 e. The summed E-state index contributed by atoms with van der Waals surface area (Å²) in [5, 5.41) is 0. The predicted octanol–water partition coefficient (Wildman–Crippen LogP) is 3.23. The molecule has 1 aliphatic heterocycles. The Morgan fingerprint density at radius 2 is 2.00 bits per heavy atom. The number of halogens is 3. The van der Waals surface area contributed by atoms with E-state index in [2.05, 4.69) is 14.6 Å². The number of carbonyl (C=O) groups excluding carboxylic acids is 1. The van der Waals surface area contributed by atoms with Gasteiger partial charge in [0, 0.05) is 25.2 Å². The van der Waals surface area contributed by atoms with Crippen LogP contribution in [0.1, 0.15) is 24.1 Å². The Morgan fingerprint density at radius 3 is 2.68 bits per heavy atom. The molecule has 1 aromatic heterocycles. The fraction of sp³-hybridized carbons (Fsp3) is 0.556. The molecular formula is C18H22F3N3O4. The third-order valence-corrected chi connectivity index (χ3v) is 4.47. The molecule has 28 heavy (non-hydrogen) atoms. The molecule has 0 spiro atoms. The van der Waals surface area contributed by atoms with Crippen LogP contribution in [-0.2, 0) is 9.47 Å². The normalized spacial score (nSPS) is 15.2. The fourth-order valence-corrected chi connectivity index (χ4v) is 3.12. The molecule has 1 fully saturated rings. The van der Waals surface area contributed by atoms with Crippen molar-refractivity contribution in [2.75, 3.05) is 44.9 Å². The highest BCUT2D eigenvalue weighted by molar-refractivity contribution is 5.93. The first kappa shape index (κ1) is 20.4. The van der Waals surface area contributed by atoms with Crippen LogP contribution in [0.3, 0.4) is 0 Å². The van der Waals surface area contributed by atoms with Gasteiger partial charge in [0.2, 0.25) is 5.91 Å². The molecule has 0 radical (unpaired) electrons. The number of benzene rings is 1. The van der Waals surface area contributed by atoms with Crippen molar-refractivity contribution in [3.63, 3.8) is 0 Å². The molecule has 2 aromatic rings. The number of methoxy groups -OCH3 is 1. The average molecular weight is 401 g/mol. The summed E-state index contributed by atoms with van der Waals surface area (Å²) in [4.78, 5) is 19.1. The van der Waals surface area contributed by atoms with E-state index in [1.807, 2.05) is 12.1 Å². The summed E-state index contributed by atoms with van der Waals surface area (Å²) in [6, 6.07) is 5.77. The summed E-state index contributed by atoms with van der Waals surface area (Å²) in [6.45, 7) is 2.41. The van der Waals surface area contributed by atoms with Crippen LogP contribution in [-0.4, -0.2) is 61.8 Å². The molecule has 2 heterocycles. The second kappa shape index (κ2) is 8.78. The van der Waals surface area contributed by atoms with E-state index in [1.54, 1.807) is 6.07 Å². The van der Waals surface area contributed by atoms with Gasteiger partial charge in [-0.3, -0.25) is 9.53 Å². The maximum absolute atomic E-state index is 12.6. The lowest BCUT2D eigenvalue weighted by Crippen LogP contribution is -2.36. The van der Waals surface area contributed by atoms with E-state index < -0.39 is 13.0 Å². The number of rotatable bonds is 7. The van der Waals surface area contributed by atoms with Gasteiger partial charge in [-0.25, -0.2) is 4.57 Å². The van der Waals surface area contributed by atoms with E-state index in [0.717, 1.165) is 18.8 Å². The number of hydrogen-bond acceptors (Lipinski definition) is 6. The first-order valence-electron chi connectivity index (χ1n) is 9.02. The van der Waals surface area contributed by atoms with E-state index in [-0.39, 0.29) is 31.2 Å². The van der Waals surface area contributed by atoms with Gasteiger partial charge in [-0.2, -0.15) is 4.98 Å². The second-order valence-electron chi connectivity index (χ2n) is 6.35. The minimum Gasteiger partial charge on any atom is -0.468 e. The van der Waals surface area contributed by atoms with Gasteiger partial charge in [-0.15, -0.1) is 13.2 Å². The monoisotopic (exact) mass is 401 g/mol. The zero-order chi connectivity index (χ0) is 20.1. The van der Waals surface area contributed by atoms with Gasteiger partial charge in [-0.1, -0.05) is 0 Å². The number of unbranched alkanes of at least 4 members (excludes halogenated alkanes) is 1. The van der Waals surface area contributed by atoms with Gasteiger partial charge in [0.15, 0.2) is 0 Å². The van der Waals surface area contributed by atoms with Crippen molar-refractivity contribution in [3.05, 3.63) is 18.2 Å². The SMILES string of the molecule is COc1nc2cc(N3CCOCC3)ccc2n1C(=O)CCCCOC(F)(F)F. The van der Waals surface area contributed by atoms with Crippen LogP contribution in [0.4, 0.5) is 18.9 Å². The summed E-state index contributed by atoms with van der Waals surface area (Å²) >= 11 is 0. The number of ether oxygens (including phenoxy) is 3. The van der Waals surface area contributed by atoms with E-state index in [4.69, 9.17) is 9.47 Å². The van der Waals surface area contributed by atoms with Crippen LogP contribution in [0.2, 0.25) is 0 Å². The lowest BCUT2D eigenvalue weighted by atomic mass is 10.2. The Hall–Kier alpha value is -2.33. The predicted molar refractivity (Wildman–Crippen MR) is 95.8 cm³/mol. The van der Waals surface area contributed by atoms with Crippen LogP contribution < -0.4 is 9.64 Å². The van der Waals surface area contributed by atoms with Gasteiger partial charge in [0.05, 0.1) is 38.0 Å². The first-order valence-corrected chi connectivity index (χ1v) is 9.02. The highest BCUT2D eigenvalue weighted by Crippen LogP contribution is 2.27. The van der Waals surface area contributed by atoms with Crippen LogP contribution >= 0.6 is 0 Å². The van der Waals surface area contributed by atoms with Crippen molar-refractivity contribution >= 4 is 22.6 Å². The second-order valence-corrected chi connectivity index (χ2v) is 6.35. The minimum absolute atomic E-state index is 0.0637. The Morgan fingerprint density at radius 1 is 1.25 bits per heavy atom. The number of imidazole rings is 1. The molecule has 0 saturated carbocycles. The number of morpholine rings is 1. The summed E-state index contributed by atoms with van der Waals surface area (Å²) in [5.41, 5.74) is 2.21. The quantitative estimate of drug-likeness (QED) is 0.664. The Balaban J connectivity index is 1.70. The molecule has 154 valence electrons. The highest BCUT2D eigenvalue weighted by atomic mass is 19.4. The first-order chi connectivity index (χ1) is 13.4. The highest BCUT2D eigenvalue weighted by Gasteiger charge is 2.28. The lowest BCUT2D eigenvalue weighted by molar-refractivity contribution is -0.324. The molecule has 0 aliphatic carbocycles. The maximum atomic E-state index is 12.6. The van der Waals surface area contributed by atoms with E-state index in [9.17, 15) is 18.0 Å². The summed E-state index contributed by atoms with van der Waals surface area (Å²) in [6.07, 6.45) is -4.19. The van der Waals surface area contributed by atoms with Crippen molar-refractivity contribution in [1.82, 2.24) is 9.55 Å². The average Bonchev–Trinajstić information content (AvgIpc) is 3.05. The van der Waals surface area contributed by atoms with Crippen molar-refractivity contribution in [2.45, 2.75) is 25.6 Å². The number of nitrogens with zero attached hydrogens (tertiary/aromatic N) is 3. The molecule has 7 nitrogen and oxygen atoms in total. The standard InChI is InChI=1S/C18H22F3N3O4/c1-26-17-22-14-12-13(23-7-10-27-11-8-23)5-6-15(14)24(17)16(25)4-2-3-9-28-18(19,20)21/h5-6,12H,2-4,7-11H2,1H3. The fourth-order valence-electron chi connectivity index (χ4n) is 3.12. The molecular weight excluding hydrogens is 379 g/mol. The van der Waals surface area contributed by atoms with Crippen LogP contribution in [0, 0.1) is 0 Å². The zero-order valence-electron chi connectivity index (χ0n) is 15.5. The minimum atomic E-state index is -4.65. The molecule has 0 atom stereocenters. The topological polar surface area (TPSA) is 65.8 Å². The number of aromatic nitrogens is 2. The van der Waals surface area contributed by atoms with Gasteiger partial charge < -0.3 is 14.4 Å². The zero-order valence-corrected chi connectivity index (χ0v) is 15.5. The van der Waals surface area contributed by atoms with Crippen molar-refractivity contribution < 1.29 is 32.2 Å². The molecule has 3 rings (SSSR count). The van der Waals surface area contributed by atoms with Crippen molar-refractivity contribution in [1.29, 1.82) is 0 Å². The lowest BCUT2D eigenvalue weighted by Gasteiger charge is -2.28. The van der Waals surface area contributed by atoms with Gasteiger partial charge in [0.25, 0.3) is 0 Å². The van der Waals surface area contributed by atoms with Gasteiger partial charge >= 0.3 is 12.4 Å². The molecule has 1 aromatic carbocycles. The molecule has 10 heteroatoms. The maximum Gasteiger partial charge on any atom is 0.522 e. The molecule has 1 aliphatic rings. The molecule has 0 unspecified atom stereocenters. The molecule has 0 amide bonds. The van der Waals surface area contributed by atoms with Gasteiger partial charge in [-0.05, 0) is 31.0 Å². The Labute approximate surface area is 160 Å². The Bertz CT molecular complexity index is 816. The van der Waals surface area contributed by atoms with Crippen molar-refractivity contribution in [2.24, 2.45) is 0 Å². The molecule has 0 N–H and O–H groups in total. The number of hydrogen-bond donors (Lipinski definition) is 0. The van der Waals surface area contributed by atoms with Gasteiger partial charge in [0.1, 0.15) is 0 Å². The number of anilines is 1. The van der Waals surface area contributed by atoms with E-state index in [1.165, 1.54) is 11.7 Å². The largest absolute Gasteiger partial charge is 0.522 e. The number of fused-ring (bicyclic) bond motifs is 1. The van der Waals surface area contributed by atoms with Crippen LogP contribution in [0.5, 0.6) is 6.01 Å². The van der Waals surface area contributed by atoms with Crippen LogP contribution in [0.15, 0.2) is 18.2 Å². The third kappa shape index (κ3) is 4.93. The Kier molecular flexibility index (Phi) is 6.40. The molecule has 1 saturated heterocycles. The third-order valence-electron chi connectivity index (χ3n) is 4.47. The van der Waals surface area contributed by atoms with Crippen molar-refractivity contribution in [3.8, 4) is 6.01 Å². The van der Waals surface area contributed by atoms with E-state index in [0.29, 0.717) is 24.2 Å². The molecule has 0 bridgehead atoms. The van der Waals surface area contributed by atoms with Crippen LogP contribution in [0.25, 0.3) is 11.0 Å². The number of carbonyl (C=O) groups is 1. The summed E-state index contributed by atoms with van der Waals surface area (Å²) in [5.74, 6) is -0.287.